The van der Waals surface area contributed by atoms with Gasteiger partial charge < -0.3 is 15.0 Å². The van der Waals surface area contributed by atoms with Crippen molar-refractivity contribution in [1.29, 1.82) is 0 Å². The molecule has 3 aliphatic heterocycles. The van der Waals surface area contributed by atoms with Crippen molar-refractivity contribution in [2.45, 2.75) is 77.4 Å². The minimum atomic E-state index is -3.30. The number of nitrogens with one attached hydrogen (secondary N) is 1. The molecule has 0 aromatic rings. The number of ether oxygens (including phenoxy) is 1. The highest BCUT2D eigenvalue weighted by Gasteiger charge is 2.51. The zero-order valence-corrected chi connectivity index (χ0v) is 19.9. The predicted molar refractivity (Wildman–Crippen MR) is 119 cm³/mol. The summed E-state index contributed by atoms with van der Waals surface area (Å²) in [4.78, 5) is 27.9. The number of likely N-dealkylation sites (tertiary alicyclic amines) is 1. The van der Waals surface area contributed by atoms with E-state index in [2.05, 4.69) is 17.1 Å². The predicted octanol–water partition coefficient (Wildman–Crippen LogP) is 1.81. The molecule has 176 valence electrons. The third-order valence-electron chi connectivity index (χ3n) is 7.07. The average molecular weight is 456 g/mol. The van der Waals surface area contributed by atoms with Crippen LogP contribution in [0.25, 0.3) is 0 Å². The van der Waals surface area contributed by atoms with Gasteiger partial charge in [0.1, 0.15) is 5.60 Å². The summed E-state index contributed by atoms with van der Waals surface area (Å²) in [5, 5.41) is 2.98. The molecule has 3 aliphatic rings. The minimum absolute atomic E-state index is 0.0396. The van der Waals surface area contributed by atoms with Crippen LogP contribution in [0.5, 0.6) is 0 Å². The molecule has 2 saturated heterocycles. The van der Waals surface area contributed by atoms with Crippen molar-refractivity contribution in [3.05, 3.63) is 11.1 Å². The van der Waals surface area contributed by atoms with Crippen molar-refractivity contribution in [3.8, 4) is 0 Å². The Morgan fingerprint density at radius 1 is 1.19 bits per heavy atom. The lowest BCUT2D eigenvalue weighted by molar-refractivity contribution is -0.150. The molecule has 31 heavy (non-hydrogen) atoms. The number of nitrogens with zero attached hydrogens (tertiary/aromatic N) is 2. The smallest absolute Gasteiger partial charge is 0.335 e. The first kappa shape index (κ1) is 24.2. The van der Waals surface area contributed by atoms with Crippen molar-refractivity contribution >= 4 is 21.9 Å². The molecule has 9 heteroatoms. The fourth-order valence-corrected chi connectivity index (χ4v) is 6.28. The summed E-state index contributed by atoms with van der Waals surface area (Å²) in [6.07, 6.45) is 6.42. The molecular weight excluding hydrogens is 418 g/mol. The molecule has 2 fully saturated rings. The van der Waals surface area contributed by atoms with Gasteiger partial charge in [-0.05, 0) is 46.1 Å². The van der Waals surface area contributed by atoms with Crippen molar-refractivity contribution in [3.63, 3.8) is 0 Å². The van der Waals surface area contributed by atoms with E-state index in [1.165, 1.54) is 23.6 Å². The first-order chi connectivity index (χ1) is 14.7. The Labute approximate surface area is 186 Å². The summed E-state index contributed by atoms with van der Waals surface area (Å²) in [6.45, 7) is 8.60. The van der Waals surface area contributed by atoms with E-state index in [-0.39, 0.29) is 24.7 Å². The van der Waals surface area contributed by atoms with Gasteiger partial charge in [0.15, 0.2) is 0 Å². The molecule has 0 aliphatic carbocycles. The van der Waals surface area contributed by atoms with Crippen LogP contribution in [0.3, 0.4) is 0 Å². The number of hydrogen-bond donors (Lipinski definition) is 1. The summed E-state index contributed by atoms with van der Waals surface area (Å²) in [5.74, 6) is -0.699. The number of amides is 1. The van der Waals surface area contributed by atoms with Gasteiger partial charge in [-0.2, -0.15) is 0 Å². The van der Waals surface area contributed by atoms with Crippen LogP contribution in [0.2, 0.25) is 0 Å². The molecule has 8 nitrogen and oxygen atoms in total. The molecule has 0 bridgehead atoms. The van der Waals surface area contributed by atoms with Crippen LogP contribution in [0.1, 0.15) is 65.7 Å². The summed E-state index contributed by atoms with van der Waals surface area (Å²) in [6, 6.07) is 0.642. The number of rotatable bonds is 8. The van der Waals surface area contributed by atoms with Gasteiger partial charge in [-0.25, -0.2) is 17.5 Å². The molecule has 0 unspecified atom stereocenters. The topological polar surface area (TPSA) is 96.0 Å². The highest BCUT2D eigenvalue weighted by atomic mass is 32.2. The zero-order valence-electron chi connectivity index (χ0n) is 19.1. The minimum Gasteiger partial charge on any atom is -0.450 e. The summed E-state index contributed by atoms with van der Waals surface area (Å²) in [7, 11) is -3.30. The number of sulfonamides is 1. The molecule has 0 aromatic heterocycles. The molecule has 0 radical (unpaired) electrons. The number of piperidine rings is 2. The molecule has 1 amide bonds. The van der Waals surface area contributed by atoms with E-state index in [9.17, 15) is 18.0 Å². The van der Waals surface area contributed by atoms with Crippen LogP contribution < -0.4 is 5.32 Å². The third kappa shape index (κ3) is 5.14. The van der Waals surface area contributed by atoms with Crippen molar-refractivity contribution < 1.29 is 22.7 Å². The van der Waals surface area contributed by atoms with Crippen molar-refractivity contribution in [1.82, 2.24) is 14.5 Å². The lowest BCUT2D eigenvalue weighted by Crippen LogP contribution is -2.50. The molecule has 3 rings (SSSR count). The SMILES string of the molecule is CC[C@H]1CCCCN1CCCNC(=O)C1=C(C)C(=O)OC12CCN(S(=O)(=O)CC)CC2. The van der Waals surface area contributed by atoms with E-state index < -0.39 is 21.6 Å². The van der Waals surface area contributed by atoms with Crippen molar-refractivity contribution in [2.75, 3.05) is 38.5 Å². The summed E-state index contributed by atoms with van der Waals surface area (Å²) in [5.41, 5.74) is -0.285. The number of carbonyl (C=O) groups excluding carboxylic acids is 2. The Morgan fingerprint density at radius 3 is 2.55 bits per heavy atom. The van der Waals surface area contributed by atoms with Gasteiger partial charge in [0, 0.05) is 50.6 Å². The summed E-state index contributed by atoms with van der Waals surface area (Å²) < 4.78 is 31.4. The second-order valence-corrected chi connectivity index (χ2v) is 11.1. The maximum absolute atomic E-state index is 13.0. The highest BCUT2D eigenvalue weighted by molar-refractivity contribution is 7.89. The van der Waals surface area contributed by atoms with Gasteiger partial charge in [-0.3, -0.25) is 4.79 Å². The fraction of sp³-hybridized carbons (Fsp3) is 0.818. The van der Waals surface area contributed by atoms with Gasteiger partial charge >= 0.3 is 5.97 Å². The maximum atomic E-state index is 13.0. The monoisotopic (exact) mass is 455 g/mol. The quantitative estimate of drug-likeness (QED) is 0.443. The molecule has 3 heterocycles. The maximum Gasteiger partial charge on any atom is 0.335 e. The first-order valence-electron chi connectivity index (χ1n) is 11.7. The van der Waals surface area contributed by atoms with E-state index in [0.29, 0.717) is 36.6 Å². The van der Waals surface area contributed by atoms with E-state index in [4.69, 9.17) is 4.74 Å². The van der Waals surface area contributed by atoms with Gasteiger partial charge in [-0.15, -0.1) is 0 Å². The first-order valence-corrected chi connectivity index (χ1v) is 13.3. The second-order valence-electron chi connectivity index (χ2n) is 8.89. The molecule has 0 saturated carbocycles. The number of esters is 1. The fourth-order valence-electron chi connectivity index (χ4n) is 5.18. The lowest BCUT2D eigenvalue weighted by Gasteiger charge is -2.38. The second kappa shape index (κ2) is 10.0. The Morgan fingerprint density at radius 2 is 1.90 bits per heavy atom. The highest BCUT2D eigenvalue weighted by Crippen LogP contribution is 2.41. The number of carbonyl (C=O) groups is 2. The summed E-state index contributed by atoms with van der Waals surface area (Å²) >= 11 is 0. The van der Waals surface area contributed by atoms with Crippen LogP contribution in [-0.2, 0) is 24.3 Å². The number of hydrogen-bond acceptors (Lipinski definition) is 6. The van der Waals surface area contributed by atoms with Gasteiger partial charge in [0.2, 0.25) is 10.0 Å². The Balaban J connectivity index is 1.58. The molecular formula is C22H37N3O5S. The van der Waals surface area contributed by atoms with Crippen LogP contribution in [-0.4, -0.2) is 79.6 Å². The Kier molecular flexibility index (Phi) is 7.81. The van der Waals surface area contributed by atoms with Crippen LogP contribution >= 0.6 is 0 Å². The molecule has 1 spiro atoms. The standard InChI is InChI=1S/C22H37N3O5S/c1-4-18-9-6-7-13-24(18)14-8-12-23-20(26)19-17(3)21(27)30-22(19)10-15-25(16-11-22)31(28,29)5-2/h18H,4-16H2,1-3H3,(H,23,26)/t18-/m0/s1. The molecule has 0 aromatic carbocycles. The van der Waals surface area contributed by atoms with E-state index in [0.717, 1.165) is 25.9 Å². The van der Waals surface area contributed by atoms with E-state index in [1.807, 2.05) is 0 Å². The normalized spacial score (nSPS) is 25.1. The van der Waals surface area contributed by atoms with Crippen LogP contribution in [0.15, 0.2) is 11.1 Å². The van der Waals surface area contributed by atoms with Crippen molar-refractivity contribution in [2.24, 2.45) is 0 Å². The van der Waals surface area contributed by atoms with Crippen LogP contribution in [0.4, 0.5) is 0 Å². The van der Waals surface area contributed by atoms with Gasteiger partial charge in [0.05, 0.1) is 11.3 Å². The lowest BCUT2D eigenvalue weighted by atomic mass is 9.83. The third-order valence-corrected chi connectivity index (χ3v) is 8.95. The molecule has 1 N–H and O–H groups in total. The average Bonchev–Trinajstić information content (AvgIpc) is 3.00. The Hall–Kier alpha value is -1.45. The Bertz CT molecular complexity index is 815. The van der Waals surface area contributed by atoms with Gasteiger partial charge in [0.25, 0.3) is 5.91 Å². The van der Waals surface area contributed by atoms with Gasteiger partial charge in [-0.1, -0.05) is 13.3 Å². The van der Waals surface area contributed by atoms with E-state index in [1.54, 1.807) is 13.8 Å². The van der Waals surface area contributed by atoms with E-state index >= 15 is 0 Å². The van der Waals surface area contributed by atoms with Crippen LogP contribution in [0, 0.1) is 0 Å². The largest absolute Gasteiger partial charge is 0.450 e. The molecule has 1 atom stereocenters. The zero-order chi connectivity index (χ0) is 22.6.